The van der Waals surface area contributed by atoms with Crippen molar-refractivity contribution in [1.82, 2.24) is 20.3 Å². The fraction of sp³-hybridized carbons (Fsp3) is 0.188. The van der Waals surface area contributed by atoms with Crippen molar-refractivity contribution in [1.29, 1.82) is 0 Å². The van der Waals surface area contributed by atoms with E-state index in [-0.39, 0.29) is 5.82 Å². The van der Waals surface area contributed by atoms with Crippen LogP contribution in [0.25, 0.3) is 22.4 Å². The maximum Gasteiger partial charge on any atom is 0.140 e. The third-order valence-corrected chi connectivity index (χ3v) is 3.80. The first-order valence-corrected chi connectivity index (χ1v) is 6.95. The largest absolute Gasteiger partial charge is 0.338 e. The molecule has 0 aliphatic carbocycles. The lowest BCUT2D eigenvalue weighted by molar-refractivity contribution is 0.629. The molecule has 1 radical (unpaired) electrons. The second kappa shape index (κ2) is 4.93. The van der Waals surface area contributed by atoms with Crippen LogP contribution >= 0.6 is 0 Å². The molecule has 21 heavy (non-hydrogen) atoms. The van der Waals surface area contributed by atoms with E-state index in [1.165, 1.54) is 12.1 Å². The number of hydrogen-bond acceptors (Lipinski definition) is 3. The number of halogens is 1. The van der Waals surface area contributed by atoms with Gasteiger partial charge in [0.15, 0.2) is 0 Å². The third-order valence-electron chi connectivity index (χ3n) is 3.80. The van der Waals surface area contributed by atoms with Gasteiger partial charge in [-0.25, -0.2) is 9.37 Å². The fourth-order valence-electron chi connectivity index (χ4n) is 2.65. The maximum absolute atomic E-state index is 13.2. The van der Waals surface area contributed by atoms with Gasteiger partial charge in [0.2, 0.25) is 0 Å². The van der Waals surface area contributed by atoms with Crippen molar-refractivity contribution in [2.45, 2.75) is 5.92 Å². The molecule has 3 heterocycles. The van der Waals surface area contributed by atoms with E-state index in [0.717, 1.165) is 29.9 Å². The molecule has 1 fully saturated rings. The van der Waals surface area contributed by atoms with Crippen molar-refractivity contribution in [2.24, 2.45) is 0 Å². The van der Waals surface area contributed by atoms with Crippen LogP contribution in [0.5, 0.6) is 0 Å². The third kappa shape index (κ3) is 2.29. The highest BCUT2D eigenvalue weighted by Gasteiger charge is 2.18. The average molecular weight is 281 g/mol. The zero-order valence-electron chi connectivity index (χ0n) is 11.3. The molecule has 5 heteroatoms. The highest BCUT2D eigenvalue weighted by Crippen LogP contribution is 2.24. The lowest BCUT2D eigenvalue weighted by Crippen LogP contribution is -2.08. The van der Waals surface area contributed by atoms with Crippen molar-refractivity contribution in [2.75, 3.05) is 13.1 Å². The van der Waals surface area contributed by atoms with Gasteiger partial charge in [0.1, 0.15) is 11.6 Å². The number of H-pyrrole nitrogens is 1. The summed E-state index contributed by atoms with van der Waals surface area (Å²) in [4.78, 5) is 12.1. The summed E-state index contributed by atoms with van der Waals surface area (Å²) in [5, 5.41) is 3.29. The molecule has 1 atom stereocenters. The normalized spacial score (nSPS) is 18.4. The van der Waals surface area contributed by atoms with Gasteiger partial charge in [-0.1, -0.05) is 0 Å². The summed E-state index contributed by atoms with van der Waals surface area (Å²) in [7, 11) is 0. The Hall–Kier alpha value is -2.27. The summed E-state index contributed by atoms with van der Waals surface area (Å²) >= 11 is 0. The van der Waals surface area contributed by atoms with Crippen LogP contribution < -0.4 is 5.32 Å². The van der Waals surface area contributed by atoms with Gasteiger partial charge in [-0.05, 0) is 37.2 Å². The van der Waals surface area contributed by atoms with Gasteiger partial charge in [0.25, 0.3) is 0 Å². The quantitative estimate of drug-likeness (QED) is 0.759. The first kappa shape index (κ1) is 12.5. The number of imidazole rings is 1. The number of nitrogens with zero attached hydrogens (tertiary/aromatic N) is 2. The van der Waals surface area contributed by atoms with Gasteiger partial charge in [-0.15, -0.1) is 0 Å². The van der Waals surface area contributed by atoms with E-state index < -0.39 is 0 Å². The van der Waals surface area contributed by atoms with Gasteiger partial charge in [0.05, 0.1) is 11.0 Å². The Kier molecular flexibility index (Phi) is 2.93. The molecule has 3 aromatic rings. The van der Waals surface area contributed by atoms with Crippen molar-refractivity contribution in [3.63, 3.8) is 0 Å². The summed E-state index contributed by atoms with van der Waals surface area (Å²) in [5.74, 6) is 0.810. The SMILES string of the molecule is Fc1ccc2[nH]c(-c3ccc(C4[CH]CNC4)nc3)nc2c1. The monoisotopic (exact) mass is 281 g/mol. The molecule has 0 amide bonds. The summed E-state index contributed by atoms with van der Waals surface area (Å²) in [6, 6.07) is 8.58. The first-order valence-electron chi connectivity index (χ1n) is 6.95. The molecule has 1 aliphatic rings. The summed E-state index contributed by atoms with van der Waals surface area (Å²) in [5.41, 5.74) is 3.42. The maximum atomic E-state index is 13.2. The van der Waals surface area contributed by atoms with E-state index in [1.54, 1.807) is 6.07 Å². The highest BCUT2D eigenvalue weighted by atomic mass is 19.1. The Bertz CT molecular complexity index is 773. The number of nitrogens with one attached hydrogen (secondary N) is 2. The zero-order chi connectivity index (χ0) is 14.2. The Labute approximate surface area is 121 Å². The number of rotatable bonds is 2. The van der Waals surface area contributed by atoms with E-state index in [2.05, 4.69) is 26.7 Å². The van der Waals surface area contributed by atoms with Crippen LogP contribution in [0.15, 0.2) is 36.5 Å². The molecule has 4 nitrogen and oxygen atoms in total. The molecule has 1 unspecified atom stereocenters. The van der Waals surface area contributed by atoms with Gasteiger partial charge in [-0.2, -0.15) is 0 Å². The molecule has 1 aromatic carbocycles. The van der Waals surface area contributed by atoms with E-state index in [9.17, 15) is 4.39 Å². The molecule has 0 saturated carbocycles. The van der Waals surface area contributed by atoms with E-state index in [1.807, 2.05) is 18.3 Å². The summed E-state index contributed by atoms with van der Waals surface area (Å²) < 4.78 is 13.2. The van der Waals surface area contributed by atoms with Crippen LogP contribution in [0.3, 0.4) is 0 Å². The smallest absolute Gasteiger partial charge is 0.140 e. The molecular weight excluding hydrogens is 267 g/mol. The number of hydrogen-bond donors (Lipinski definition) is 2. The first-order chi connectivity index (χ1) is 10.3. The van der Waals surface area contributed by atoms with E-state index in [0.29, 0.717) is 17.3 Å². The number of aromatic nitrogens is 3. The molecular formula is C16H14FN4. The molecule has 2 aromatic heterocycles. The Morgan fingerprint density at radius 3 is 2.90 bits per heavy atom. The number of benzene rings is 1. The Morgan fingerprint density at radius 2 is 2.14 bits per heavy atom. The van der Waals surface area contributed by atoms with Crippen LogP contribution in [0.4, 0.5) is 4.39 Å². The molecule has 4 rings (SSSR count). The Morgan fingerprint density at radius 1 is 1.19 bits per heavy atom. The van der Waals surface area contributed by atoms with E-state index >= 15 is 0 Å². The van der Waals surface area contributed by atoms with Gasteiger partial charge in [-0.3, -0.25) is 4.98 Å². The van der Waals surface area contributed by atoms with Crippen LogP contribution in [0.1, 0.15) is 11.6 Å². The topological polar surface area (TPSA) is 53.6 Å². The van der Waals surface area contributed by atoms with Crippen molar-refractivity contribution < 1.29 is 4.39 Å². The second-order valence-electron chi connectivity index (χ2n) is 5.22. The number of aromatic amines is 1. The summed E-state index contributed by atoms with van der Waals surface area (Å²) in [6.07, 6.45) is 4.04. The van der Waals surface area contributed by atoms with Crippen LogP contribution in [-0.2, 0) is 0 Å². The lowest BCUT2D eigenvalue weighted by atomic mass is 10.0. The highest BCUT2D eigenvalue weighted by molar-refractivity contribution is 5.79. The van der Waals surface area contributed by atoms with Crippen LogP contribution in [-0.4, -0.2) is 28.0 Å². The van der Waals surface area contributed by atoms with E-state index in [4.69, 9.17) is 0 Å². The van der Waals surface area contributed by atoms with Crippen LogP contribution in [0, 0.1) is 12.2 Å². The summed E-state index contributed by atoms with van der Waals surface area (Å²) in [6.45, 7) is 1.87. The minimum Gasteiger partial charge on any atom is -0.338 e. The predicted octanol–water partition coefficient (Wildman–Crippen LogP) is 2.66. The standard InChI is InChI=1S/C16H14FN4/c17-12-2-4-14-15(7-12)21-16(20-14)11-1-3-13(19-9-11)10-5-6-18-8-10/h1-5,7,9-10,18H,6,8H2,(H,20,21). The van der Waals surface area contributed by atoms with Crippen molar-refractivity contribution >= 4 is 11.0 Å². The molecule has 1 aliphatic heterocycles. The van der Waals surface area contributed by atoms with Crippen LogP contribution in [0.2, 0.25) is 0 Å². The van der Waals surface area contributed by atoms with Crippen molar-refractivity contribution in [3.05, 3.63) is 54.5 Å². The van der Waals surface area contributed by atoms with Gasteiger partial charge in [0, 0.05) is 36.0 Å². The lowest BCUT2D eigenvalue weighted by Gasteiger charge is -2.07. The number of fused-ring (bicyclic) bond motifs is 1. The minimum absolute atomic E-state index is 0.279. The fourth-order valence-corrected chi connectivity index (χ4v) is 2.65. The van der Waals surface area contributed by atoms with Crippen molar-refractivity contribution in [3.8, 4) is 11.4 Å². The number of pyridine rings is 1. The molecule has 0 bridgehead atoms. The average Bonchev–Trinajstić information content (AvgIpc) is 3.16. The second-order valence-corrected chi connectivity index (χ2v) is 5.22. The minimum atomic E-state index is -0.279. The Balaban J connectivity index is 1.67. The zero-order valence-corrected chi connectivity index (χ0v) is 11.3. The molecule has 2 N–H and O–H groups in total. The van der Waals surface area contributed by atoms with Gasteiger partial charge < -0.3 is 10.3 Å². The predicted molar refractivity (Wildman–Crippen MR) is 79.2 cm³/mol. The van der Waals surface area contributed by atoms with Gasteiger partial charge >= 0.3 is 0 Å². The molecule has 0 spiro atoms. The molecule has 1 saturated heterocycles. The molecule has 105 valence electrons.